The number of benzene rings is 3. The number of thiophene rings is 1. The Kier molecular flexibility index (Phi) is 5.01. The monoisotopic (exact) mass is 396 g/mol. The van der Waals surface area contributed by atoms with E-state index in [1.807, 2.05) is 48.5 Å². The van der Waals surface area contributed by atoms with Crippen LogP contribution in [0.25, 0.3) is 10.8 Å². The first-order valence-corrected chi connectivity index (χ1v) is 9.58. The van der Waals surface area contributed by atoms with Crippen molar-refractivity contribution in [3.63, 3.8) is 0 Å². The summed E-state index contributed by atoms with van der Waals surface area (Å²) >= 11 is 1.47. The second-order valence-corrected chi connectivity index (χ2v) is 7.45. The lowest BCUT2D eigenvalue weighted by Crippen LogP contribution is -2.05. The maximum atomic E-state index is 14.1. The first kappa shape index (κ1) is 18.4. The van der Waals surface area contributed by atoms with Crippen LogP contribution in [-0.2, 0) is 0 Å². The van der Waals surface area contributed by atoms with Crippen LogP contribution in [0.3, 0.4) is 0 Å². The molecule has 0 aliphatic heterocycles. The Bertz CT molecular complexity index is 1140. The van der Waals surface area contributed by atoms with E-state index < -0.39 is 11.6 Å². The number of rotatable bonds is 5. The fourth-order valence-corrected chi connectivity index (χ4v) is 4.47. The zero-order valence-electron chi connectivity index (χ0n) is 15.4. The Morgan fingerprint density at radius 2 is 1.64 bits per heavy atom. The second kappa shape index (κ2) is 7.60. The number of hydrogen-bond acceptors (Lipinski definition) is 3. The van der Waals surface area contributed by atoms with Gasteiger partial charge in [-0.15, -0.1) is 11.3 Å². The normalized spacial score (nSPS) is 12.1. The Balaban J connectivity index is 1.97. The van der Waals surface area contributed by atoms with Crippen LogP contribution in [-0.4, -0.2) is 14.2 Å². The molecule has 4 aromatic rings. The van der Waals surface area contributed by atoms with E-state index in [2.05, 4.69) is 0 Å². The molecule has 0 saturated carbocycles. The molecule has 1 aromatic heterocycles. The molecule has 28 heavy (non-hydrogen) atoms. The minimum Gasteiger partial charge on any atom is -0.496 e. The van der Waals surface area contributed by atoms with Gasteiger partial charge >= 0.3 is 0 Å². The van der Waals surface area contributed by atoms with Gasteiger partial charge in [0.1, 0.15) is 5.75 Å². The van der Waals surface area contributed by atoms with Crippen molar-refractivity contribution in [2.24, 2.45) is 0 Å². The zero-order valence-corrected chi connectivity index (χ0v) is 16.2. The van der Waals surface area contributed by atoms with Crippen LogP contribution >= 0.6 is 11.3 Å². The van der Waals surface area contributed by atoms with Gasteiger partial charge in [0.2, 0.25) is 0 Å². The largest absolute Gasteiger partial charge is 0.496 e. The maximum Gasteiger partial charge on any atom is 0.173 e. The molecular weight excluding hydrogens is 378 g/mol. The summed E-state index contributed by atoms with van der Waals surface area (Å²) in [5.41, 5.74) is 1.54. The van der Waals surface area contributed by atoms with E-state index in [1.165, 1.54) is 17.4 Å². The summed E-state index contributed by atoms with van der Waals surface area (Å²) in [6.07, 6.45) is 0. The van der Waals surface area contributed by atoms with Crippen LogP contribution in [0.5, 0.6) is 10.8 Å². The Morgan fingerprint density at radius 1 is 0.821 bits per heavy atom. The molecular formula is C23H18F2O2S. The average molecular weight is 396 g/mol. The van der Waals surface area contributed by atoms with Gasteiger partial charge in [0, 0.05) is 21.7 Å². The standard InChI is InChI=1S/C23H18F2O2S/c1-26-21-12-11-20(28-21)22(15-8-10-18(24)19(25)13-15)17-9-7-14-5-3-4-6-16(14)23(17)27-2/h3-13,22H,1-2H3. The molecule has 1 atom stereocenters. The van der Waals surface area contributed by atoms with E-state index >= 15 is 0 Å². The van der Waals surface area contributed by atoms with Crippen molar-refractivity contribution in [2.45, 2.75) is 5.92 Å². The highest BCUT2D eigenvalue weighted by atomic mass is 32.1. The predicted molar refractivity (Wildman–Crippen MR) is 109 cm³/mol. The quantitative estimate of drug-likeness (QED) is 0.390. The van der Waals surface area contributed by atoms with E-state index in [4.69, 9.17) is 9.47 Å². The fraction of sp³-hybridized carbons (Fsp3) is 0.130. The van der Waals surface area contributed by atoms with Crippen molar-refractivity contribution in [3.8, 4) is 10.8 Å². The van der Waals surface area contributed by atoms with Crippen LogP contribution in [0.4, 0.5) is 8.78 Å². The molecule has 3 aromatic carbocycles. The van der Waals surface area contributed by atoms with Gasteiger partial charge in [-0.1, -0.05) is 42.5 Å². The van der Waals surface area contributed by atoms with E-state index in [1.54, 1.807) is 20.3 Å². The Morgan fingerprint density at radius 3 is 2.36 bits per heavy atom. The van der Waals surface area contributed by atoms with Crippen molar-refractivity contribution < 1.29 is 18.3 Å². The highest BCUT2D eigenvalue weighted by molar-refractivity contribution is 7.14. The van der Waals surface area contributed by atoms with Crippen LogP contribution in [0.15, 0.2) is 66.7 Å². The minimum atomic E-state index is -0.870. The molecule has 0 spiro atoms. The lowest BCUT2D eigenvalue weighted by molar-refractivity contribution is 0.414. The van der Waals surface area contributed by atoms with Gasteiger partial charge < -0.3 is 9.47 Å². The molecule has 1 unspecified atom stereocenters. The fourth-order valence-electron chi connectivity index (χ4n) is 3.50. The third kappa shape index (κ3) is 3.22. The van der Waals surface area contributed by atoms with Crippen molar-refractivity contribution >= 4 is 22.1 Å². The van der Waals surface area contributed by atoms with Crippen LogP contribution in [0.2, 0.25) is 0 Å². The Hall–Kier alpha value is -2.92. The molecule has 0 aliphatic rings. The number of ether oxygens (including phenoxy) is 2. The summed E-state index contributed by atoms with van der Waals surface area (Å²) < 4.78 is 38.7. The number of fused-ring (bicyclic) bond motifs is 1. The molecule has 0 aliphatic carbocycles. The number of halogens is 2. The summed E-state index contributed by atoms with van der Waals surface area (Å²) in [6, 6.07) is 19.8. The SMILES string of the molecule is COc1ccc(C(c2ccc(F)c(F)c2)c2ccc3ccccc3c2OC)s1. The second-order valence-electron chi connectivity index (χ2n) is 6.38. The molecule has 0 radical (unpaired) electrons. The highest BCUT2D eigenvalue weighted by Gasteiger charge is 2.25. The van der Waals surface area contributed by atoms with Gasteiger partial charge in [-0.05, 0) is 35.2 Å². The summed E-state index contributed by atoms with van der Waals surface area (Å²) in [7, 11) is 3.24. The molecule has 0 N–H and O–H groups in total. The van der Waals surface area contributed by atoms with E-state index in [-0.39, 0.29) is 5.92 Å². The molecule has 0 bridgehead atoms. The highest BCUT2D eigenvalue weighted by Crippen LogP contribution is 2.44. The van der Waals surface area contributed by atoms with Gasteiger partial charge in [0.15, 0.2) is 16.7 Å². The Labute approximate surface area is 166 Å². The summed E-state index contributed by atoms with van der Waals surface area (Å²) in [5, 5.41) is 2.77. The van der Waals surface area contributed by atoms with Crippen molar-refractivity contribution in [1.29, 1.82) is 0 Å². The summed E-state index contributed by atoms with van der Waals surface area (Å²) in [6.45, 7) is 0. The molecule has 4 rings (SSSR count). The maximum absolute atomic E-state index is 14.1. The third-order valence-electron chi connectivity index (χ3n) is 4.79. The topological polar surface area (TPSA) is 18.5 Å². The molecule has 0 fully saturated rings. The van der Waals surface area contributed by atoms with Gasteiger partial charge in [0.25, 0.3) is 0 Å². The molecule has 1 heterocycles. The molecule has 0 amide bonds. The van der Waals surface area contributed by atoms with Crippen LogP contribution in [0, 0.1) is 11.6 Å². The van der Waals surface area contributed by atoms with Crippen molar-refractivity contribution in [2.75, 3.05) is 14.2 Å². The van der Waals surface area contributed by atoms with Gasteiger partial charge in [0.05, 0.1) is 14.2 Å². The first-order valence-electron chi connectivity index (χ1n) is 8.76. The lowest BCUT2D eigenvalue weighted by atomic mass is 9.87. The summed E-state index contributed by atoms with van der Waals surface area (Å²) in [4.78, 5) is 0.955. The molecule has 142 valence electrons. The molecule has 0 saturated heterocycles. The van der Waals surface area contributed by atoms with Crippen molar-refractivity contribution in [1.82, 2.24) is 0 Å². The number of hydrogen-bond donors (Lipinski definition) is 0. The van der Waals surface area contributed by atoms with E-state index in [0.717, 1.165) is 38.1 Å². The van der Waals surface area contributed by atoms with E-state index in [9.17, 15) is 8.78 Å². The lowest BCUT2D eigenvalue weighted by Gasteiger charge is -2.21. The third-order valence-corrected chi connectivity index (χ3v) is 5.90. The molecule has 2 nitrogen and oxygen atoms in total. The van der Waals surface area contributed by atoms with Gasteiger partial charge in [-0.2, -0.15) is 0 Å². The summed E-state index contributed by atoms with van der Waals surface area (Å²) in [5.74, 6) is -1.33. The average Bonchev–Trinajstić information content (AvgIpc) is 3.19. The predicted octanol–water partition coefficient (Wildman–Crippen LogP) is 6.38. The zero-order chi connectivity index (χ0) is 19.7. The number of methoxy groups -OCH3 is 2. The molecule has 5 heteroatoms. The minimum absolute atomic E-state index is 0.316. The van der Waals surface area contributed by atoms with Crippen LogP contribution in [0.1, 0.15) is 21.9 Å². The smallest absolute Gasteiger partial charge is 0.173 e. The van der Waals surface area contributed by atoms with Crippen molar-refractivity contribution in [3.05, 3.63) is 94.4 Å². The van der Waals surface area contributed by atoms with E-state index in [0.29, 0.717) is 5.56 Å². The first-order chi connectivity index (χ1) is 13.6. The van der Waals surface area contributed by atoms with Gasteiger partial charge in [-0.25, -0.2) is 8.78 Å². The van der Waals surface area contributed by atoms with Crippen LogP contribution < -0.4 is 9.47 Å². The van der Waals surface area contributed by atoms with Gasteiger partial charge in [-0.3, -0.25) is 0 Å².